The number of benzene rings is 2. The van der Waals surface area contributed by atoms with Gasteiger partial charge >= 0.3 is 0 Å². The first-order valence-electron chi connectivity index (χ1n) is 7.13. The number of phenolic OH excluding ortho intramolecular Hbond substituents is 1. The van der Waals surface area contributed by atoms with Crippen molar-refractivity contribution in [2.24, 2.45) is 10.2 Å². The summed E-state index contributed by atoms with van der Waals surface area (Å²) in [6.07, 6.45) is 4.04. The van der Waals surface area contributed by atoms with Crippen molar-refractivity contribution in [2.45, 2.75) is 11.1 Å². The van der Waals surface area contributed by atoms with E-state index in [1.165, 1.54) is 6.07 Å². The van der Waals surface area contributed by atoms with Crippen LogP contribution >= 0.6 is 11.6 Å². The molecule has 2 atom stereocenters. The van der Waals surface area contributed by atoms with Crippen LogP contribution in [0.1, 0.15) is 5.56 Å². The summed E-state index contributed by atoms with van der Waals surface area (Å²) < 4.78 is 0. The van der Waals surface area contributed by atoms with E-state index in [1.807, 2.05) is 30.3 Å². The number of hydrogen-bond donors (Lipinski definition) is 2. The van der Waals surface area contributed by atoms with Crippen LogP contribution in [0.4, 0.5) is 5.69 Å². The molecule has 116 valence electrons. The Morgan fingerprint density at radius 2 is 1.70 bits per heavy atom. The van der Waals surface area contributed by atoms with Crippen LogP contribution in [0.15, 0.2) is 83.1 Å². The topological polar surface area (TPSA) is 65.2 Å². The second-order valence-electron chi connectivity index (χ2n) is 5.19. The number of allylic oxidation sites excluding steroid dienone is 2. The fourth-order valence-electron chi connectivity index (χ4n) is 2.26. The van der Waals surface area contributed by atoms with Crippen molar-refractivity contribution in [1.29, 1.82) is 0 Å². The third-order valence-corrected chi connectivity index (χ3v) is 3.94. The van der Waals surface area contributed by atoms with Crippen molar-refractivity contribution in [3.05, 3.63) is 78.4 Å². The molecule has 0 aliphatic heterocycles. The van der Waals surface area contributed by atoms with Gasteiger partial charge in [0.15, 0.2) is 0 Å². The molecule has 0 saturated heterocycles. The van der Waals surface area contributed by atoms with Gasteiger partial charge in [0.1, 0.15) is 17.5 Å². The van der Waals surface area contributed by atoms with E-state index in [4.69, 9.17) is 11.6 Å². The highest BCUT2D eigenvalue weighted by atomic mass is 35.5. The van der Waals surface area contributed by atoms with E-state index in [2.05, 4.69) is 10.2 Å². The summed E-state index contributed by atoms with van der Waals surface area (Å²) in [6, 6.07) is 16.2. The Hall–Kier alpha value is -2.43. The van der Waals surface area contributed by atoms with Crippen LogP contribution in [0.25, 0.3) is 5.57 Å². The minimum Gasteiger partial charge on any atom is -0.506 e. The number of halogens is 1. The fourth-order valence-corrected chi connectivity index (χ4v) is 2.49. The van der Waals surface area contributed by atoms with E-state index in [0.29, 0.717) is 5.69 Å². The van der Waals surface area contributed by atoms with Gasteiger partial charge in [0.25, 0.3) is 0 Å². The maximum atomic E-state index is 10.2. The lowest BCUT2D eigenvalue weighted by Crippen LogP contribution is -2.33. The lowest BCUT2D eigenvalue weighted by molar-refractivity contribution is 0.189. The molecule has 1 aliphatic carbocycles. The molecule has 0 radical (unpaired) electrons. The lowest BCUT2D eigenvalue weighted by atomic mass is 9.95. The number of alkyl halides is 1. The number of aromatic hydroxyl groups is 1. The maximum absolute atomic E-state index is 10.2. The summed E-state index contributed by atoms with van der Waals surface area (Å²) in [5, 5.41) is 27.9. The van der Waals surface area contributed by atoms with Gasteiger partial charge in [0.05, 0.1) is 0 Å². The van der Waals surface area contributed by atoms with Crippen LogP contribution in [-0.4, -0.2) is 21.3 Å². The number of nitrogens with zero attached hydrogens (tertiary/aromatic N) is 2. The minimum atomic E-state index is -1.41. The summed E-state index contributed by atoms with van der Waals surface area (Å²) in [5.41, 5.74) is 2.12. The molecule has 0 fully saturated rings. The molecule has 2 aromatic rings. The monoisotopic (exact) mass is 326 g/mol. The first kappa shape index (κ1) is 15.5. The Labute approximate surface area is 139 Å². The molecule has 0 heterocycles. The zero-order chi connectivity index (χ0) is 16.3. The van der Waals surface area contributed by atoms with E-state index in [1.54, 1.807) is 36.4 Å². The lowest BCUT2D eigenvalue weighted by Gasteiger charge is -2.26. The number of azo groups is 1. The Bertz CT molecular complexity index is 787. The number of para-hydroxylation sites is 1. The summed E-state index contributed by atoms with van der Waals surface area (Å²) in [6.45, 7) is 0. The zero-order valence-electron chi connectivity index (χ0n) is 12.2. The smallest absolute Gasteiger partial charge is 0.203 e. The van der Waals surface area contributed by atoms with E-state index < -0.39 is 11.1 Å². The highest BCUT2D eigenvalue weighted by molar-refractivity contribution is 6.26. The van der Waals surface area contributed by atoms with Gasteiger partial charge in [-0.25, -0.2) is 0 Å². The molecular formula is C18H15ClN2O2. The van der Waals surface area contributed by atoms with Crippen LogP contribution in [0.5, 0.6) is 5.75 Å². The van der Waals surface area contributed by atoms with E-state index in [0.717, 1.165) is 11.1 Å². The van der Waals surface area contributed by atoms with Crippen molar-refractivity contribution in [3.63, 3.8) is 0 Å². The first-order chi connectivity index (χ1) is 11.1. The van der Waals surface area contributed by atoms with Crippen LogP contribution < -0.4 is 0 Å². The van der Waals surface area contributed by atoms with Crippen LogP contribution in [0.3, 0.4) is 0 Å². The summed E-state index contributed by atoms with van der Waals surface area (Å²) >= 11 is 6.45. The van der Waals surface area contributed by atoms with E-state index >= 15 is 0 Å². The molecule has 0 unspecified atom stereocenters. The van der Waals surface area contributed by atoms with Gasteiger partial charge in [-0.05, 0) is 29.3 Å². The number of rotatable bonds is 3. The molecule has 0 amide bonds. The third-order valence-electron chi connectivity index (χ3n) is 3.53. The van der Waals surface area contributed by atoms with Crippen LogP contribution in [0.2, 0.25) is 0 Å². The van der Waals surface area contributed by atoms with Gasteiger partial charge in [-0.15, -0.1) is 5.11 Å². The molecule has 0 saturated carbocycles. The molecule has 5 heteroatoms. The van der Waals surface area contributed by atoms with Crippen LogP contribution in [-0.2, 0) is 0 Å². The molecular weight excluding hydrogens is 312 g/mol. The van der Waals surface area contributed by atoms with Crippen molar-refractivity contribution >= 4 is 22.9 Å². The molecule has 0 spiro atoms. The predicted octanol–water partition coefficient (Wildman–Crippen LogP) is 4.43. The predicted molar refractivity (Wildman–Crippen MR) is 90.8 cm³/mol. The summed E-state index contributed by atoms with van der Waals surface area (Å²) in [7, 11) is 0. The second kappa shape index (κ2) is 6.36. The highest BCUT2D eigenvalue weighted by Crippen LogP contribution is 2.36. The SMILES string of the molecule is Oc1ccccc1N=N[C@]1(Cl)C=C(c2ccccc2)C=C[C@H]1O. The third kappa shape index (κ3) is 3.33. The largest absolute Gasteiger partial charge is 0.506 e. The first-order valence-corrected chi connectivity index (χ1v) is 7.51. The van der Waals surface area contributed by atoms with Crippen molar-refractivity contribution < 1.29 is 10.2 Å². The van der Waals surface area contributed by atoms with Gasteiger partial charge < -0.3 is 10.2 Å². The van der Waals surface area contributed by atoms with Crippen molar-refractivity contribution in [1.82, 2.24) is 0 Å². The molecule has 2 N–H and O–H groups in total. The number of aliphatic hydroxyl groups excluding tert-OH is 1. The minimum absolute atomic E-state index is 0.00428. The number of aliphatic hydroxyl groups is 1. The number of hydrogen-bond acceptors (Lipinski definition) is 4. The van der Waals surface area contributed by atoms with E-state index in [-0.39, 0.29) is 5.75 Å². The van der Waals surface area contributed by atoms with Gasteiger partial charge in [0.2, 0.25) is 5.00 Å². The standard InChI is InChI=1S/C18H15ClN2O2/c19-18(21-20-15-8-4-5-9-16(15)22)12-14(10-11-17(18)23)13-6-2-1-3-7-13/h1-12,17,22-23H/t17-,18-/m1/s1. The molecule has 3 rings (SSSR count). The Kier molecular flexibility index (Phi) is 4.28. The van der Waals surface area contributed by atoms with Gasteiger partial charge in [-0.2, -0.15) is 5.11 Å². The quantitative estimate of drug-likeness (QED) is 0.498. The number of phenols is 1. The summed E-state index contributed by atoms with van der Waals surface area (Å²) in [5.74, 6) is 0.00428. The molecule has 0 bridgehead atoms. The van der Waals surface area contributed by atoms with Crippen molar-refractivity contribution in [2.75, 3.05) is 0 Å². The Morgan fingerprint density at radius 3 is 2.43 bits per heavy atom. The average molecular weight is 327 g/mol. The molecule has 0 aromatic heterocycles. The van der Waals surface area contributed by atoms with Gasteiger partial charge in [0, 0.05) is 0 Å². The molecule has 4 nitrogen and oxygen atoms in total. The average Bonchev–Trinajstić information content (AvgIpc) is 2.58. The highest BCUT2D eigenvalue weighted by Gasteiger charge is 2.35. The van der Waals surface area contributed by atoms with E-state index in [9.17, 15) is 10.2 Å². The Balaban J connectivity index is 1.94. The zero-order valence-corrected chi connectivity index (χ0v) is 12.9. The molecule has 23 heavy (non-hydrogen) atoms. The van der Waals surface area contributed by atoms with Crippen LogP contribution in [0, 0.1) is 0 Å². The maximum Gasteiger partial charge on any atom is 0.203 e. The Morgan fingerprint density at radius 1 is 1.00 bits per heavy atom. The molecule has 1 aliphatic rings. The van der Waals surface area contributed by atoms with Gasteiger partial charge in [-0.3, -0.25) is 0 Å². The summed E-state index contributed by atoms with van der Waals surface area (Å²) in [4.78, 5) is -1.41. The second-order valence-corrected chi connectivity index (χ2v) is 5.79. The van der Waals surface area contributed by atoms with Crippen molar-refractivity contribution in [3.8, 4) is 5.75 Å². The molecule has 2 aromatic carbocycles. The van der Waals surface area contributed by atoms with Gasteiger partial charge in [-0.1, -0.05) is 66.2 Å². The normalized spacial score (nSPS) is 23.9. The fraction of sp³-hybridized carbons (Fsp3) is 0.111.